The monoisotopic (exact) mass is 510 g/mol. The van der Waals surface area contributed by atoms with E-state index >= 15 is 0 Å². The van der Waals surface area contributed by atoms with Crippen LogP contribution in [-0.2, 0) is 14.3 Å². The van der Waals surface area contributed by atoms with Crippen LogP contribution in [0.5, 0.6) is 0 Å². The van der Waals surface area contributed by atoms with Crippen LogP contribution in [0.4, 0.5) is 0 Å². The summed E-state index contributed by atoms with van der Waals surface area (Å²) in [7, 11) is 0. The third-order valence-electron chi connectivity index (χ3n) is 6.94. The number of aliphatic carboxylic acids is 1. The van der Waals surface area contributed by atoms with Crippen molar-refractivity contribution >= 4 is 11.9 Å². The first-order valence-corrected chi connectivity index (χ1v) is 15.7. The SMILES string of the molecule is CC(C)(C)OC(=O)CCCCCCCCCCCCCCCCCCCCCCCCCCC(=O)O. The number of carbonyl (C=O) groups is 2. The van der Waals surface area contributed by atoms with Gasteiger partial charge in [0, 0.05) is 12.8 Å². The zero-order chi connectivity index (χ0) is 26.7. The normalized spacial score (nSPS) is 11.6. The van der Waals surface area contributed by atoms with Crippen LogP contribution in [0.1, 0.15) is 188 Å². The Morgan fingerprint density at radius 2 is 0.667 bits per heavy atom. The lowest BCUT2D eigenvalue weighted by Crippen LogP contribution is -2.23. The van der Waals surface area contributed by atoms with Gasteiger partial charge in [0.05, 0.1) is 0 Å². The van der Waals surface area contributed by atoms with E-state index in [1.807, 2.05) is 20.8 Å². The van der Waals surface area contributed by atoms with Crippen molar-refractivity contribution in [3.8, 4) is 0 Å². The molecule has 0 aromatic carbocycles. The van der Waals surface area contributed by atoms with Gasteiger partial charge < -0.3 is 9.84 Å². The molecule has 0 atom stereocenters. The van der Waals surface area contributed by atoms with Crippen molar-refractivity contribution in [1.29, 1.82) is 0 Å². The van der Waals surface area contributed by atoms with E-state index in [1.165, 1.54) is 128 Å². The molecule has 214 valence electrons. The quantitative estimate of drug-likeness (QED) is 0.0881. The van der Waals surface area contributed by atoms with Crippen molar-refractivity contribution in [2.24, 2.45) is 0 Å². The van der Waals surface area contributed by atoms with Gasteiger partial charge in [0.2, 0.25) is 0 Å². The van der Waals surface area contributed by atoms with E-state index in [1.54, 1.807) is 0 Å². The molecule has 4 nitrogen and oxygen atoms in total. The first-order chi connectivity index (χ1) is 17.3. The molecule has 0 rings (SSSR count). The molecule has 0 aliphatic heterocycles. The Labute approximate surface area is 224 Å². The molecule has 0 aliphatic carbocycles. The van der Waals surface area contributed by atoms with Crippen LogP contribution in [0.15, 0.2) is 0 Å². The van der Waals surface area contributed by atoms with Gasteiger partial charge in [-0.1, -0.05) is 141 Å². The van der Waals surface area contributed by atoms with E-state index in [9.17, 15) is 9.59 Å². The summed E-state index contributed by atoms with van der Waals surface area (Å²) in [5.74, 6) is -0.709. The predicted octanol–water partition coefficient (Wildman–Crippen LogP) is 10.6. The van der Waals surface area contributed by atoms with E-state index < -0.39 is 5.97 Å². The van der Waals surface area contributed by atoms with Gasteiger partial charge in [-0.05, 0) is 33.6 Å². The van der Waals surface area contributed by atoms with Crippen molar-refractivity contribution < 1.29 is 19.4 Å². The minimum absolute atomic E-state index is 0.0513. The number of rotatable bonds is 27. The van der Waals surface area contributed by atoms with Gasteiger partial charge in [0.1, 0.15) is 5.60 Å². The number of carboxylic acids is 1. The topological polar surface area (TPSA) is 63.6 Å². The van der Waals surface area contributed by atoms with Gasteiger partial charge in [0.25, 0.3) is 0 Å². The second kappa shape index (κ2) is 25.6. The molecule has 0 aromatic heterocycles. The molecule has 0 saturated heterocycles. The number of carboxylic acid groups (broad SMARTS) is 1. The van der Waals surface area contributed by atoms with E-state index in [0.29, 0.717) is 12.8 Å². The van der Waals surface area contributed by atoms with Crippen LogP contribution in [0.3, 0.4) is 0 Å². The smallest absolute Gasteiger partial charge is 0.306 e. The Kier molecular flexibility index (Phi) is 24.8. The molecular formula is C32H62O4. The van der Waals surface area contributed by atoms with Crippen LogP contribution in [0.25, 0.3) is 0 Å². The summed E-state index contributed by atoms with van der Waals surface area (Å²) in [6, 6.07) is 0. The Morgan fingerprint density at radius 3 is 0.889 bits per heavy atom. The molecule has 0 heterocycles. The number of ether oxygens (including phenoxy) is 1. The molecule has 0 aliphatic rings. The minimum Gasteiger partial charge on any atom is -0.481 e. The predicted molar refractivity (Wildman–Crippen MR) is 154 cm³/mol. The maximum atomic E-state index is 11.7. The summed E-state index contributed by atoms with van der Waals surface area (Å²) in [6.45, 7) is 5.78. The van der Waals surface area contributed by atoms with Crippen molar-refractivity contribution in [2.45, 2.75) is 193 Å². The van der Waals surface area contributed by atoms with Gasteiger partial charge in [-0.3, -0.25) is 9.59 Å². The maximum Gasteiger partial charge on any atom is 0.306 e. The molecule has 1 N–H and O–H groups in total. The molecule has 36 heavy (non-hydrogen) atoms. The summed E-state index contributed by atoms with van der Waals surface area (Å²) in [5.41, 5.74) is -0.355. The number of unbranched alkanes of at least 4 members (excludes halogenated alkanes) is 23. The summed E-state index contributed by atoms with van der Waals surface area (Å²) in [5, 5.41) is 8.62. The van der Waals surface area contributed by atoms with Crippen molar-refractivity contribution in [1.82, 2.24) is 0 Å². The average molecular weight is 511 g/mol. The number of hydrogen-bond acceptors (Lipinski definition) is 3. The van der Waals surface area contributed by atoms with Crippen LogP contribution in [0, 0.1) is 0 Å². The molecule has 0 aromatic rings. The lowest BCUT2D eigenvalue weighted by molar-refractivity contribution is -0.155. The van der Waals surface area contributed by atoms with E-state index in [2.05, 4.69) is 0 Å². The van der Waals surface area contributed by atoms with E-state index in [-0.39, 0.29) is 11.6 Å². The highest BCUT2D eigenvalue weighted by atomic mass is 16.6. The lowest BCUT2D eigenvalue weighted by Gasteiger charge is -2.19. The highest BCUT2D eigenvalue weighted by Gasteiger charge is 2.15. The minimum atomic E-state index is -0.658. The van der Waals surface area contributed by atoms with Crippen LogP contribution in [0.2, 0.25) is 0 Å². The van der Waals surface area contributed by atoms with Crippen molar-refractivity contribution in [3.63, 3.8) is 0 Å². The highest BCUT2D eigenvalue weighted by Crippen LogP contribution is 2.16. The summed E-state index contributed by atoms with van der Waals surface area (Å²) >= 11 is 0. The molecule has 0 bridgehead atoms. The average Bonchev–Trinajstić information content (AvgIpc) is 2.80. The van der Waals surface area contributed by atoms with Gasteiger partial charge in [-0.2, -0.15) is 0 Å². The highest BCUT2D eigenvalue weighted by molar-refractivity contribution is 5.69. The fraction of sp³-hybridized carbons (Fsp3) is 0.938. The molecule has 0 amide bonds. The fourth-order valence-corrected chi connectivity index (χ4v) is 4.83. The lowest BCUT2D eigenvalue weighted by atomic mass is 10.0. The zero-order valence-electron chi connectivity index (χ0n) is 24.6. The number of hydrogen-bond donors (Lipinski definition) is 1. The summed E-state index contributed by atoms with van der Waals surface area (Å²) in [4.78, 5) is 22.1. The van der Waals surface area contributed by atoms with E-state index in [4.69, 9.17) is 9.84 Å². The second-order valence-electron chi connectivity index (χ2n) is 12.0. The van der Waals surface area contributed by atoms with Crippen LogP contribution >= 0.6 is 0 Å². The number of esters is 1. The molecule has 4 heteroatoms. The fourth-order valence-electron chi connectivity index (χ4n) is 4.83. The Bertz CT molecular complexity index is 495. The van der Waals surface area contributed by atoms with Gasteiger partial charge in [-0.15, -0.1) is 0 Å². The van der Waals surface area contributed by atoms with Crippen molar-refractivity contribution in [2.75, 3.05) is 0 Å². The van der Waals surface area contributed by atoms with Crippen LogP contribution < -0.4 is 0 Å². The van der Waals surface area contributed by atoms with E-state index in [0.717, 1.165) is 25.7 Å². The van der Waals surface area contributed by atoms with Gasteiger partial charge in [-0.25, -0.2) is 0 Å². The standard InChI is InChI=1S/C32H62O4/c1-32(2,3)36-31(35)29-27-25-23-21-19-17-15-13-11-9-7-5-4-6-8-10-12-14-16-18-20-22-24-26-28-30(33)34/h4-29H2,1-3H3,(H,33,34). The zero-order valence-corrected chi connectivity index (χ0v) is 24.6. The molecule has 0 radical (unpaired) electrons. The molecular weight excluding hydrogens is 448 g/mol. The Hall–Kier alpha value is -1.06. The van der Waals surface area contributed by atoms with Crippen molar-refractivity contribution in [3.05, 3.63) is 0 Å². The molecule has 0 saturated carbocycles. The molecule has 0 unspecified atom stereocenters. The maximum absolute atomic E-state index is 11.7. The van der Waals surface area contributed by atoms with Crippen LogP contribution in [-0.4, -0.2) is 22.6 Å². The molecule has 0 spiro atoms. The Balaban J connectivity index is 3.11. The first-order valence-electron chi connectivity index (χ1n) is 15.7. The Morgan fingerprint density at radius 1 is 0.444 bits per heavy atom. The number of carbonyl (C=O) groups excluding carboxylic acids is 1. The first kappa shape index (κ1) is 34.9. The summed E-state index contributed by atoms with van der Waals surface area (Å²) in [6.07, 6.45) is 32.3. The third kappa shape index (κ3) is 31.0. The largest absolute Gasteiger partial charge is 0.481 e. The second-order valence-corrected chi connectivity index (χ2v) is 12.0. The summed E-state index contributed by atoms with van der Waals surface area (Å²) < 4.78 is 5.35. The third-order valence-corrected chi connectivity index (χ3v) is 6.94. The van der Waals surface area contributed by atoms with Gasteiger partial charge in [0.15, 0.2) is 0 Å². The molecule has 0 fully saturated rings. The van der Waals surface area contributed by atoms with Gasteiger partial charge >= 0.3 is 11.9 Å².